The van der Waals surface area contributed by atoms with Gasteiger partial charge in [-0.2, -0.15) is 0 Å². The van der Waals surface area contributed by atoms with Crippen molar-refractivity contribution in [3.63, 3.8) is 0 Å². The molecule has 0 heterocycles. The monoisotopic (exact) mass is 274 g/mol. The van der Waals surface area contributed by atoms with E-state index in [0.717, 1.165) is 5.56 Å². The first-order valence-electron chi connectivity index (χ1n) is 5.08. The Morgan fingerprint density at radius 1 is 1.41 bits per heavy atom. The Hall–Kier alpha value is -0.880. The normalized spacial score (nSPS) is 12.2. The minimum absolute atomic E-state index is 0.0888. The Bertz CT molecular complexity index is 512. The van der Waals surface area contributed by atoms with Gasteiger partial charge in [-0.25, -0.2) is 13.1 Å². The lowest BCUT2D eigenvalue weighted by Gasteiger charge is -2.07. The number of nitrogens with one attached hydrogen (secondary N) is 1. The molecule has 0 aliphatic carbocycles. The molecular formula is C11H15ClN2O2S. The molecule has 0 saturated carbocycles. The Morgan fingerprint density at radius 2 is 2.12 bits per heavy atom. The molecule has 0 atom stereocenters. The van der Waals surface area contributed by atoms with E-state index >= 15 is 0 Å². The minimum atomic E-state index is -3.56. The number of nitrogens with two attached hydrogens (primary N) is 1. The Morgan fingerprint density at radius 3 is 2.71 bits per heavy atom. The van der Waals surface area contributed by atoms with E-state index in [1.807, 2.05) is 6.92 Å². The Labute approximate surface area is 107 Å². The molecule has 94 valence electrons. The zero-order chi connectivity index (χ0) is 12.9. The van der Waals surface area contributed by atoms with Crippen molar-refractivity contribution in [3.8, 4) is 0 Å². The summed E-state index contributed by atoms with van der Waals surface area (Å²) in [5, 5.41) is 0.223. The van der Waals surface area contributed by atoms with E-state index in [1.165, 1.54) is 6.07 Å². The van der Waals surface area contributed by atoms with Crippen molar-refractivity contribution < 1.29 is 8.42 Å². The molecule has 0 saturated heterocycles. The summed E-state index contributed by atoms with van der Waals surface area (Å²) in [6.07, 6.45) is 3.33. The van der Waals surface area contributed by atoms with Crippen LogP contribution >= 0.6 is 11.6 Å². The van der Waals surface area contributed by atoms with Gasteiger partial charge in [0.2, 0.25) is 10.0 Å². The van der Waals surface area contributed by atoms with Gasteiger partial charge in [-0.3, -0.25) is 0 Å². The minimum Gasteiger partial charge on any atom is -0.327 e. The average molecular weight is 275 g/mol. The number of rotatable bonds is 5. The van der Waals surface area contributed by atoms with Crippen LogP contribution in [-0.2, 0) is 10.0 Å². The first-order valence-corrected chi connectivity index (χ1v) is 6.94. The highest BCUT2D eigenvalue weighted by molar-refractivity contribution is 7.89. The van der Waals surface area contributed by atoms with Crippen molar-refractivity contribution in [1.82, 2.24) is 4.72 Å². The summed E-state index contributed by atoms with van der Waals surface area (Å²) in [7, 11) is -3.56. The topological polar surface area (TPSA) is 72.2 Å². The van der Waals surface area contributed by atoms with Crippen LogP contribution in [0.3, 0.4) is 0 Å². The van der Waals surface area contributed by atoms with E-state index in [-0.39, 0.29) is 16.5 Å². The number of aryl methyl sites for hydroxylation is 1. The van der Waals surface area contributed by atoms with Crippen LogP contribution < -0.4 is 10.5 Å². The second kappa shape index (κ2) is 6.16. The van der Waals surface area contributed by atoms with Crippen molar-refractivity contribution in [2.45, 2.75) is 11.8 Å². The summed E-state index contributed by atoms with van der Waals surface area (Å²) in [5.41, 5.74) is 6.16. The average Bonchev–Trinajstić information content (AvgIpc) is 2.24. The summed E-state index contributed by atoms with van der Waals surface area (Å²) >= 11 is 5.90. The maximum absolute atomic E-state index is 11.9. The highest BCUT2D eigenvalue weighted by Gasteiger charge is 2.16. The lowest BCUT2D eigenvalue weighted by atomic mass is 10.2. The van der Waals surface area contributed by atoms with Crippen LogP contribution in [-0.4, -0.2) is 21.5 Å². The van der Waals surface area contributed by atoms with Gasteiger partial charge in [0.1, 0.15) is 4.90 Å². The van der Waals surface area contributed by atoms with E-state index < -0.39 is 10.0 Å². The molecule has 3 N–H and O–H groups in total. The fraction of sp³-hybridized carbons (Fsp3) is 0.273. The third-order valence-corrected chi connectivity index (χ3v) is 3.98. The van der Waals surface area contributed by atoms with Crippen LogP contribution in [0.25, 0.3) is 0 Å². The predicted molar refractivity (Wildman–Crippen MR) is 69.6 cm³/mol. The van der Waals surface area contributed by atoms with Gasteiger partial charge in [0.25, 0.3) is 0 Å². The third kappa shape index (κ3) is 4.12. The SMILES string of the molecule is Cc1ccc(S(=O)(=O)NC/C=C/CN)c(Cl)c1. The van der Waals surface area contributed by atoms with Crippen LogP contribution in [0, 0.1) is 6.92 Å². The van der Waals surface area contributed by atoms with Crippen LogP contribution in [0.1, 0.15) is 5.56 Å². The smallest absolute Gasteiger partial charge is 0.242 e. The van der Waals surface area contributed by atoms with Crippen molar-refractivity contribution >= 4 is 21.6 Å². The van der Waals surface area contributed by atoms with E-state index in [4.69, 9.17) is 17.3 Å². The van der Waals surface area contributed by atoms with E-state index in [9.17, 15) is 8.42 Å². The maximum atomic E-state index is 11.9. The quantitative estimate of drug-likeness (QED) is 0.798. The first kappa shape index (κ1) is 14.2. The summed E-state index contributed by atoms with van der Waals surface area (Å²) < 4.78 is 26.1. The summed E-state index contributed by atoms with van der Waals surface area (Å²) in [6.45, 7) is 2.43. The van der Waals surface area contributed by atoms with Gasteiger partial charge >= 0.3 is 0 Å². The van der Waals surface area contributed by atoms with E-state index in [2.05, 4.69) is 4.72 Å². The van der Waals surface area contributed by atoms with Gasteiger partial charge in [-0.1, -0.05) is 29.8 Å². The predicted octanol–water partition coefficient (Wildman–Crippen LogP) is 1.44. The third-order valence-electron chi connectivity index (χ3n) is 2.07. The van der Waals surface area contributed by atoms with Crippen LogP contribution in [0.5, 0.6) is 0 Å². The molecule has 0 unspecified atom stereocenters. The number of sulfonamides is 1. The van der Waals surface area contributed by atoms with Crippen LogP contribution in [0.4, 0.5) is 0 Å². The van der Waals surface area contributed by atoms with Crippen LogP contribution in [0.2, 0.25) is 5.02 Å². The number of benzene rings is 1. The first-order chi connectivity index (χ1) is 7.97. The Balaban J connectivity index is 2.86. The Kier molecular flexibility index (Phi) is 5.14. The summed E-state index contributed by atoms with van der Waals surface area (Å²) in [5.74, 6) is 0. The molecule has 1 aromatic rings. The highest BCUT2D eigenvalue weighted by Crippen LogP contribution is 2.21. The highest BCUT2D eigenvalue weighted by atomic mass is 35.5. The van der Waals surface area contributed by atoms with Crippen molar-refractivity contribution in [2.75, 3.05) is 13.1 Å². The molecule has 1 rings (SSSR count). The molecule has 17 heavy (non-hydrogen) atoms. The van der Waals surface area contributed by atoms with Crippen molar-refractivity contribution in [3.05, 3.63) is 40.9 Å². The number of hydrogen-bond acceptors (Lipinski definition) is 3. The van der Waals surface area contributed by atoms with Gasteiger partial charge < -0.3 is 5.73 Å². The molecule has 4 nitrogen and oxygen atoms in total. The lowest BCUT2D eigenvalue weighted by molar-refractivity contribution is 0.585. The van der Waals surface area contributed by atoms with Gasteiger partial charge in [0.05, 0.1) is 5.02 Å². The fourth-order valence-electron chi connectivity index (χ4n) is 1.24. The molecule has 1 aromatic carbocycles. The summed E-state index contributed by atoms with van der Waals surface area (Å²) in [6, 6.07) is 4.81. The molecular weight excluding hydrogens is 260 g/mol. The van der Waals surface area contributed by atoms with Gasteiger partial charge in [0.15, 0.2) is 0 Å². The second-order valence-corrected chi connectivity index (χ2v) is 5.64. The van der Waals surface area contributed by atoms with Crippen molar-refractivity contribution in [1.29, 1.82) is 0 Å². The van der Waals surface area contributed by atoms with Crippen LogP contribution in [0.15, 0.2) is 35.2 Å². The van der Waals surface area contributed by atoms with Gasteiger partial charge in [0, 0.05) is 13.1 Å². The molecule has 6 heteroatoms. The molecule has 0 amide bonds. The van der Waals surface area contributed by atoms with E-state index in [1.54, 1.807) is 24.3 Å². The zero-order valence-corrected chi connectivity index (χ0v) is 11.1. The van der Waals surface area contributed by atoms with Gasteiger partial charge in [-0.15, -0.1) is 0 Å². The molecule has 0 bridgehead atoms. The van der Waals surface area contributed by atoms with Crippen molar-refractivity contribution in [2.24, 2.45) is 5.73 Å². The number of hydrogen-bond donors (Lipinski definition) is 2. The number of halogens is 1. The molecule has 0 aliphatic heterocycles. The molecule has 0 aliphatic rings. The standard InChI is InChI=1S/C11H15ClN2O2S/c1-9-4-5-11(10(12)8-9)17(15,16)14-7-3-2-6-13/h2-5,8,14H,6-7,13H2,1H3/b3-2+. The molecule has 0 fully saturated rings. The zero-order valence-electron chi connectivity index (χ0n) is 9.48. The fourth-order valence-corrected chi connectivity index (χ4v) is 2.81. The second-order valence-electron chi connectivity index (χ2n) is 3.49. The van der Waals surface area contributed by atoms with E-state index in [0.29, 0.717) is 6.54 Å². The largest absolute Gasteiger partial charge is 0.327 e. The lowest BCUT2D eigenvalue weighted by Crippen LogP contribution is -2.24. The molecule has 0 aromatic heterocycles. The molecule has 0 radical (unpaired) electrons. The maximum Gasteiger partial charge on any atom is 0.242 e. The van der Waals surface area contributed by atoms with Gasteiger partial charge in [-0.05, 0) is 24.6 Å². The summed E-state index contributed by atoms with van der Waals surface area (Å²) in [4.78, 5) is 0.0888. The molecule has 0 spiro atoms.